The van der Waals surface area contributed by atoms with E-state index in [1.807, 2.05) is 0 Å². The van der Waals surface area contributed by atoms with Gasteiger partial charge < -0.3 is 15.3 Å². The van der Waals surface area contributed by atoms with Crippen molar-refractivity contribution < 1.29 is 27.9 Å². The fourth-order valence-corrected chi connectivity index (χ4v) is 5.29. The predicted molar refractivity (Wildman–Crippen MR) is 116 cm³/mol. The highest BCUT2D eigenvalue weighted by molar-refractivity contribution is 6.24. The fourth-order valence-electron chi connectivity index (χ4n) is 5.10. The third-order valence-corrected chi connectivity index (χ3v) is 7.26. The summed E-state index contributed by atoms with van der Waals surface area (Å²) in [6, 6.07) is 13.0. The molecule has 2 saturated heterocycles. The Bertz CT molecular complexity index is 1020. The maximum atomic E-state index is 14.4. The average molecular weight is 481 g/mol. The maximum absolute atomic E-state index is 14.4. The van der Waals surface area contributed by atoms with Gasteiger partial charge in [0.2, 0.25) is 11.5 Å². The molecular formula is C24H24ClF3N2O3. The molecule has 0 aromatic heterocycles. The molecule has 5 nitrogen and oxygen atoms in total. The highest BCUT2D eigenvalue weighted by Crippen LogP contribution is 2.50. The Labute approximate surface area is 194 Å². The molecule has 2 heterocycles. The van der Waals surface area contributed by atoms with Gasteiger partial charge in [0.25, 0.3) is 5.91 Å². The van der Waals surface area contributed by atoms with Gasteiger partial charge in [-0.15, -0.1) is 0 Å². The molecule has 2 N–H and O–H groups in total. The Morgan fingerprint density at radius 1 is 1.09 bits per heavy atom. The van der Waals surface area contributed by atoms with Crippen LogP contribution in [0.5, 0.6) is 0 Å². The number of hydrogen-bond acceptors (Lipinski definition) is 3. The largest absolute Gasteiger partial charge is 0.370 e. The highest BCUT2D eigenvalue weighted by atomic mass is 35.5. The number of halogens is 4. The number of aliphatic hydroxyl groups is 1. The van der Waals surface area contributed by atoms with E-state index in [4.69, 9.17) is 11.6 Å². The number of benzene rings is 2. The topological polar surface area (TPSA) is 69.6 Å². The van der Waals surface area contributed by atoms with Crippen LogP contribution in [0.2, 0.25) is 0 Å². The molecule has 33 heavy (non-hydrogen) atoms. The Morgan fingerprint density at radius 3 is 2.27 bits per heavy atom. The van der Waals surface area contributed by atoms with Crippen molar-refractivity contribution in [1.29, 1.82) is 0 Å². The number of carbonyl (C=O) groups is 2. The number of hydrogen-bond donors (Lipinski definition) is 2. The van der Waals surface area contributed by atoms with Crippen molar-refractivity contribution >= 4 is 23.4 Å². The molecule has 0 radical (unpaired) electrons. The number of likely N-dealkylation sites (tertiary alicyclic amines) is 1. The second-order valence-electron chi connectivity index (χ2n) is 8.81. The minimum absolute atomic E-state index is 0.0753. The van der Waals surface area contributed by atoms with Gasteiger partial charge in [-0.25, -0.2) is 4.39 Å². The summed E-state index contributed by atoms with van der Waals surface area (Å²) in [7, 11) is 0. The quantitative estimate of drug-likeness (QED) is 0.655. The van der Waals surface area contributed by atoms with E-state index in [1.54, 1.807) is 18.2 Å². The van der Waals surface area contributed by atoms with E-state index in [0.29, 0.717) is 19.4 Å². The molecule has 0 aliphatic carbocycles. The fraction of sp³-hybridized carbons (Fsp3) is 0.417. The first-order valence-electron chi connectivity index (χ1n) is 10.7. The normalized spacial score (nSPS) is 22.5. The maximum Gasteiger partial charge on any atom is 0.363 e. The van der Waals surface area contributed by atoms with Crippen LogP contribution < -0.4 is 5.32 Å². The molecule has 1 unspecified atom stereocenters. The zero-order chi connectivity index (χ0) is 23.9. The SMILES string of the molecule is O=C1CC2(CCN(C(=O)C(O)(c3ccccc3)C(F)(F)Cl)CC2)[C@H](c2ccc(F)cc2)CN1. The zero-order valence-corrected chi connectivity index (χ0v) is 18.5. The molecule has 2 atom stereocenters. The van der Waals surface area contributed by atoms with Gasteiger partial charge in [-0.05, 0) is 47.6 Å². The van der Waals surface area contributed by atoms with Gasteiger partial charge in [0.05, 0.1) is 0 Å². The number of carbonyl (C=O) groups excluding carboxylic acids is 2. The molecule has 176 valence electrons. The summed E-state index contributed by atoms with van der Waals surface area (Å²) in [4.78, 5) is 26.6. The summed E-state index contributed by atoms with van der Waals surface area (Å²) in [5, 5.41) is 9.48. The minimum Gasteiger partial charge on any atom is -0.370 e. The van der Waals surface area contributed by atoms with Crippen LogP contribution >= 0.6 is 11.6 Å². The Balaban J connectivity index is 1.59. The van der Waals surface area contributed by atoms with Gasteiger partial charge in [-0.2, -0.15) is 8.78 Å². The first kappa shape index (κ1) is 23.6. The first-order chi connectivity index (χ1) is 15.6. The van der Waals surface area contributed by atoms with Crippen LogP contribution in [0.25, 0.3) is 0 Å². The van der Waals surface area contributed by atoms with Crippen LogP contribution in [0.15, 0.2) is 54.6 Å². The molecule has 1 spiro atoms. The van der Waals surface area contributed by atoms with Crippen molar-refractivity contribution in [2.75, 3.05) is 19.6 Å². The van der Waals surface area contributed by atoms with Crippen molar-refractivity contribution in [2.45, 2.75) is 36.2 Å². The molecule has 2 amide bonds. The molecule has 2 fully saturated rings. The van der Waals surface area contributed by atoms with Crippen LogP contribution in [0.4, 0.5) is 13.2 Å². The summed E-state index contributed by atoms with van der Waals surface area (Å²) >= 11 is 5.25. The van der Waals surface area contributed by atoms with E-state index in [2.05, 4.69) is 5.32 Å². The summed E-state index contributed by atoms with van der Waals surface area (Å²) in [5.41, 5.74) is -3.16. The van der Waals surface area contributed by atoms with Gasteiger partial charge in [0.1, 0.15) is 5.82 Å². The third-order valence-electron chi connectivity index (χ3n) is 6.99. The average Bonchev–Trinajstić information content (AvgIpc) is 2.79. The lowest BCUT2D eigenvalue weighted by Crippen LogP contribution is -2.59. The lowest BCUT2D eigenvalue weighted by Gasteiger charge is -2.50. The number of alkyl halides is 3. The van der Waals surface area contributed by atoms with E-state index in [9.17, 15) is 27.9 Å². The number of rotatable bonds is 4. The molecule has 0 saturated carbocycles. The molecule has 2 aromatic carbocycles. The molecule has 9 heteroatoms. The van der Waals surface area contributed by atoms with E-state index in [-0.39, 0.29) is 42.7 Å². The van der Waals surface area contributed by atoms with E-state index in [0.717, 1.165) is 5.56 Å². The summed E-state index contributed by atoms with van der Waals surface area (Å²) in [5.74, 6) is -1.78. The van der Waals surface area contributed by atoms with Gasteiger partial charge in [-0.1, -0.05) is 42.5 Å². The molecule has 2 aliphatic rings. The Morgan fingerprint density at radius 2 is 1.70 bits per heavy atom. The zero-order valence-electron chi connectivity index (χ0n) is 17.7. The lowest BCUT2D eigenvalue weighted by molar-refractivity contribution is -0.183. The van der Waals surface area contributed by atoms with Crippen molar-refractivity contribution in [1.82, 2.24) is 10.2 Å². The lowest BCUT2D eigenvalue weighted by atomic mass is 9.62. The molecule has 4 rings (SSSR count). The number of nitrogens with one attached hydrogen (secondary N) is 1. The van der Waals surface area contributed by atoms with Gasteiger partial charge in [-0.3, -0.25) is 9.59 Å². The second kappa shape index (κ2) is 8.65. The third kappa shape index (κ3) is 4.22. The number of amides is 2. The minimum atomic E-state index is -4.23. The standard InChI is InChI=1S/C24H24ClF3N2O3/c25-24(27,28)23(33,17-4-2-1-3-5-17)21(32)30-12-10-22(11-13-30)14-20(31)29-15-19(22)16-6-8-18(26)9-7-16/h1-9,19,33H,10-15H2,(H,29,31)/t19-,23?/m0/s1. The van der Waals surface area contributed by atoms with Crippen molar-refractivity contribution in [3.63, 3.8) is 0 Å². The second-order valence-corrected chi connectivity index (χ2v) is 9.29. The summed E-state index contributed by atoms with van der Waals surface area (Å²) < 4.78 is 42.2. The molecule has 0 bridgehead atoms. The molecular weight excluding hydrogens is 457 g/mol. The predicted octanol–water partition coefficient (Wildman–Crippen LogP) is 3.76. The van der Waals surface area contributed by atoms with E-state index < -0.39 is 22.3 Å². The van der Waals surface area contributed by atoms with Crippen LogP contribution in [-0.4, -0.2) is 46.8 Å². The molecule has 2 aromatic rings. The highest BCUT2D eigenvalue weighted by Gasteiger charge is 2.60. The van der Waals surface area contributed by atoms with Crippen LogP contribution in [-0.2, 0) is 15.2 Å². The molecule has 2 aliphatic heterocycles. The van der Waals surface area contributed by atoms with E-state index >= 15 is 0 Å². The van der Waals surface area contributed by atoms with Crippen molar-refractivity contribution in [3.05, 3.63) is 71.5 Å². The van der Waals surface area contributed by atoms with Gasteiger partial charge >= 0.3 is 5.38 Å². The Hall–Kier alpha value is -2.58. The van der Waals surface area contributed by atoms with Crippen molar-refractivity contribution in [2.24, 2.45) is 5.41 Å². The van der Waals surface area contributed by atoms with Crippen LogP contribution in [0.3, 0.4) is 0 Å². The van der Waals surface area contributed by atoms with Gasteiger partial charge in [0.15, 0.2) is 0 Å². The monoisotopic (exact) mass is 480 g/mol. The Kier molecular flexibility index (Phi) is 6.18. The van der Waals surface area contributed by atoms with Crippen molar-refractivity contribution in [3.8, 4) is 0 Å². The number of nitrogens with zero attached hydrogens (tertiary/aromatic N) is 1. The van der Waals surface area contributed by atoms with Crippen LogP contribution in [0, 0.1) is 11.2 Å². The number of piperidine rings is 2. The smallest absolute Gasteiger partial charge is 0.363 e. The first-order valence-corrected chi connectivity index (χ1v) is 11.1. The van der Waals surface area contributed by atoms with E-state index in [1.165, 1.54) is 41.3 Å². The van der Waals surface area contributed by atoms with Crippen LogP contribution in [0.1, 0.15) is 36.3 Å². The van der Waals surface area contributed by atoms with Gasteiger partial charge in [0, 0.05) is 37.5 Å². The summed E-state index contributed by atoms with van der Waals surface area (Å²) in [6.07, 6.45) is 0.950. The summed E-state index contributed by atoms with van der Waals surface area (Å²) in [6.45, 7) is 0.518.